The summed E-state index contributed by atoms with van der Waals surface area (Å²) in [5.74, 6) is 0.363. The molecular weight excluding hydrogens is 228 g/mol. The van der Waals surface area contributed by atoms with Crippen LogP contribution in [0.5, 0.6) is 0 Å². The summed E-state index contributed by atoms with van der Waals surface area (Å²) in [6.45, 7) is 1.65. The van der Waals surface area contributed by atoms with Gasteiger partial charge in [-0.05, 0) is 36.5 Å². The summed E-state index contributed by atoms with van der Waals surface area (Å²) in [5.41, 5.74) is 7.34. The Bertz CT molecular complexity index is 420. The van der Waals surface area contributed by atoms with Gasteiger partial charge in [0.1, 0.15) is 0 Å². The molecule has 1 amide bonds. The molecule has 3 N–H and O–H groups in total. The van der Waals surface area contributed by atoms with Crippen LogP contribution in [0.15, 0.2) is 24.3 Å². The van der Waals surface area contributed by atoms with Crippen molar-refractivity contribution in [3.8, 4) is 0 Å². The third-order valence-corrected chi connectivity index (χ3v) is 3.44. The molecule has 1 atom stereocenters. The molecule has 0 spiro atoms. The summed E-state index contributed by atoms with van der Waals surface area (Å²) in [7, 11) is 0. The van der Waals surface area contributed by atoms with Crippen LogP contribution in [0.4, 0.5) is 5.69 Å². The number of carbonyl (C=O) groups excluding carboxylic acids is 1. The highest BCUT2D eigenvalue weighted by Gasteiger charge is 2.22. The van der Waals surface area contributed by atoms with Crippen LogP contribution in [-0.2, 0) is 11.2 Å². The fourth-order valence-electron chi connectivity index (χ4n) is 2.43. The van der Waals surface area contributed by atoms with Crippen molar-refractivity contribution in [2.24, 2.45) is 5.92 Å². The number of rotatable bonds is 3. The van der Waals surface area contributed by atoms with Crippen molar-refractivity contribution in [1.29, 1.82) is 0 Å². The molecule has 2 rings (SSSR count). The van der Waals surface area contributed by atoms with Gasteiger partial charge in [-0.1, -0.05) is 12.1 Å². The topological polar surface area (TPSA) is 66.6 Å². The maximum Gasteiger partial charge on any atom is 0.227 e. The summed E-state index contributed by atoms with van der Waals surface area (Å²) in [4.78, 5) is 14.0. The third-order valence-electron chi connectivity index (χ3n) is 3.44. The number of hydrogen-bond acceptors (Lipinski definition) is 3. The van der Waals surface area contributed by atoms with E-state index < -0.39 is 0 Å². The second-order valence-corrected chi connectivity index (χ2v) is 4.95. The smallest absolute Gasteiger partial charge is 0.227 e. The minimum absolute atomic E-state index is 0.124. The van der Waals surface area contributed by atoms with E-state index in [0.29, 0.717) is 18.7 Å². The molecule has 0 bridgehead atoms. The molecule has 1 fully saturated rings. The number of carbonyl (C=O) groups is 1. The molecule has 1 aromatic rings. The van der Waals surface area contributed by atoms with E-state index in [2.05, 4.69) is 0 Å². The van der Waals surface area contributed by atoms with E-state index in [1.807, 2.05) is 29.2 Å². The normalized spacial score (nSPS) is 19.8. The SMILES string of the molecule is Nc1cccc(CC(=O)N2CCCC(CO)C2)c1. The van der Waals surface area contributed by atoms with Crippen LogP contribution in [0.25, 0.3) is 0 Å². The van der Waals surface area contributed by atoms with Crippen LogP contribution in [0.3, 0.4) is 0 Å². The molecule has 1 aliphatic heterocycles. The Labute approximate surface area is 107 Å². The molecule has 1 aromatic carbocycles. The Balaban J connectivity index is 1.95. The number of likely N-dealkylation sites (tertiary alicyclic amines) is 1. The van der Waals surface area contributed by atoms with Gasteiger partial charge in [-0.2, -0.15) is 0 Å². The van der Waals surface area contributed by atoms with Crippen molar-refractivity contribution in [1.82, 2.24) is 4.90 Å². The molecule has 1 aliphatic rings. The average Bonchev–Trinajstić information content (AvgIpc) is 2.39. The highest BCUT2D eigenvalue weighted by atomic mass is 16.3. The van der Waals surface area contributed by atoms with Gasteiger partial charge in [0.15, 0.2) is 0 Å². The standard InChI is InChI=1S/C14H20N2O2/c15-13-5-1-3-11(7-13)8-14(18)16-6-2-4-12(9-16)10-17/h1,3,5,7,12,17H,2,4,6,8-10,15H2. The molecule has 0 saturated carbocycles. The number of nitrogen functional groups attached to an aromatic ring is 1. The van der Waals surface area contributed by atoms with E-state index in [1.54, 1.807) is 0 Å². The zero-order chi connectivity index (χ0) is 13.0. The maximum atomic E-state index is 12.1. The lowest BCUT2D eigenvalue weighted by Crippen LogP contribution is -2.41. The minimum Gasteiger partial charge on any atom is -0.399 e. The van der Waals surface area contributed by atoms with Gasteiger partial charge in [0.25, 0.3) is 0 Å². The number of nitrogens with zero attached hydrogens (tertiary/aromatic N) is 1. The number of anilines is 1. The lowest BCUT2D eigenvalue weighted by molar-refractivity contribution is -0.132. The Morgan fingerprint density at radius 3 is 3.06 bits per heavy atom. The van der Waals surface area contributed by atoms with Gasteiger partial charge in [-0.3, -0.25) is 4.79 Å². The Morgan fingerprint density at radius 1 is 1.50 bits per heavy atom. The van der Waals surface area contributed by atoms with Crippen molar-refractivity contribution in [2.45, 2.75) is 19.3 Å². The van der Waals surface area contributed by atoms with Gasteiger partial charge in [0.05, 0.1) is 6.42 Å². The van der Waals surface area contributed by atoms with E-state index in [1.165, 1.54) is 0 Å². The Kier molecular flexibility index (Phi) is 4.20. The molecule has 4 heteroatoms. The Morgan fingerprint density at radius 2 is 2.33 bits per heavy atom. The van der Waals surface area contributed by atoms with E-state index in [0.717, 1.165) is 24.9 Å². The van der Waals surface area contributed by atoms with Crippen LogP contribution >= 0.6 is 0 Å². The van der Waals surface area contributed by atoms with E-state index in [-0.39, 0.29) is 18.4 Å². The Hall–Kier alpha value is -1.55. The molecule has 0 aromatic heterocycles. The molecule has 0 radical (unpaired) electrons. The number of piperidine rings is 1. The van der Waals surface area contributed by atoms with Gasteiger partial charge >= 0.3 is 0 Å². The van der Waals surface area contributed by atoms with Crippen molar-refractivity contribution >= 4 is 11.6 Å². The van der Waals surface area contributed by atoms with Crippen LogP contribution in [0, 0.1) is 5.92 Å². The van der Waals surface area contributed by atoms with Gasteiger partial charge in [-0.15, -0.1) is 0 Å². The van der Waals surface area contributed by atoms with Crippen LogP contribution in [0.2, 0.25) is 0 Å². The number of hydrogen-bond donors (Lipinski definition) is 2. The van der Waals surface area contributed by atoms with Crippen molar-refractivity contribution in [3.63, 3.8) is 0 Å². The second kappa shape index (κ2) is 5.87. The zero-order valence-corrected chi connectivity index (χ0v) is 10.5. The van der Waals surface area contributed by atoms with Crippen LogP contribution < -0.4 is 5.73 Å². The largest absolute Gasteiger partial charge is 0.399 e. The molecule has 98 valence electrons. The summed E-state index contributed by atoms with van der Waals surface area (Å²) < 4.78 is 0. The molecular formula is C14H20N2O2. The first-order valence-electron chi connectivity index (χ1n) is 6.42. The third kappa shape index (κ3) is 3.23. The number of nitrogens with two attached hydrogens (primary N) is 1. The van der Waals surface area contributed by atoms with Crippen LogP contribution in [-0.4, -0.2) is 35.6 Å². The van der Waals surface area contributed by atoms with Gasteiger partial charge in [-0.25, -0.2) is 0 Å². The quantitative estimate of drug-likeness (QED) is 0.785. The van der Waals surface area contributed by atoms with E-state index in [4.69, 9.17) is 10.8 Å². The highest BCUT2D eigenvalue weighted by molar-refractivity contribution is 5.79. The molecule has 4 nitrogen and oxygen atoms in total. The maximum absolute atomic E-state index is 12.1. The summed E-state index contributed by atoms with van der Waals surface area (Å²) >= 11 is 0. The van der Waals surface area contributed by atoms with Crippen molar-refractivity contribution in [2.75, 3.05) is 25.4 Å². The first-order chi connectivity index (χ1) is 8.69. The predicted molar refractivity (Wildman–Crippen MR) is 70.9 cm³/mol. The molecule has 1 heterocycles. The lowest BCUT2D eigenvalue weighted by Gasteiger charge is -2.32. The number of aliphatic hydroxyl groups is 1. The summed E-state index contributed by atoms with van der Waals surface area (Å²) in [6, 6.07) is 7.44. The zero-order valence-electron chi connectivity index (χ0n) is 10.5. The number of aliphatic hydroxyl groups excluding tert-OH is 1. The average molecular weight is 248 g/mol. The molecule has 0 aliphatic carbocycles. The molecule has 1 unspecified atom stereocenters. The van der Waals surface area contributed by atoms with Crippen molar-refractivity contribution < 1.29 is 9.90 Å². The van der Waals surface area contributed by atoms with Crippen molar-refractivity contribution in [3.05, 3.63) is 29.8 Å². The van der Waals surface area contributed by atoms with Gasteiger partial charge in [0.2, 0.25) is 5.91 Å². The fourth-order valence-corrected chi connectivity index (χ4v) is 2.43. The van der Waals surface area contributed by atoms with Gasteiger partial charge < -0.3 is 15.7 Å². The first kappa shape index (κ1) is 12.9. The first-order valence-corrected chi connectivity index (χ1v) is 6.42. The summed E-state index contributed by atoms with van der Waals surface area (Å²) in [5, 5.41) is 9.16. The fraction of sp³-hybridized carbons (Fsp3) is 0.500. The number of amides is 1. The number of benzene rings is 1. The molecule has 18 heavy (non-hydrogen) atoms. The monoisotopic (exact) mass is 248 g/mol. The predicted octanol–water partition coefficient (Wildman–Crippen LogP) is 1.04. The van der Waals surface area contributed by atoms with E-state index >= 15 is 0 Å². The van der Waals surface area contributed by atoms with Crippen LogP contribution in [0.1, 0.15) is 18.4 Å². The summed E-state index contributed by atoms with van der Waals surface area (Å²) in [6.07, 6.45) is 2.38. The van der Waals surface area contributed by atoms with Gasteiger partial charge in [0, 0.05) is 25.4 Å². The van der Waals surface area contributed by atoms with E-state index in [9.17, 15) is 4.79 Å². The highest BCUT2D eigenvalue weighted by Crippen LogP contribution is 2.17. The second-order valence-electron chi connectivity index (χ2n) is 4.95. The lowest BCUT2D eigenvalue weighted by atomic mass is 9.98. The minimum atomic E-state index is 0.124. The molecule has 1 saturated heterocycles.